The van der Waals surface area contributed by atoms with E-state index in [2.05, 4.69) is 10.4 Å². The summed E-state index contributed by atoms with van der Waals surface area (Å²) in [5.41, 5.74) is 0.805. The molecule has 134 valence electrons. The van der Waals surface area contributed by atoms with Gasteiger partial charge in [-0.05, 0) is 53.1 Å². The first-order valence-corrected chi connectivity index (χ1v) is 9.29. The van der Waals surface area contributed by atoms with Gasteiger partial charge in [0.2, 0.25) is 5.91 Å². The summed E-state index contributed by atoms with van der Waals surface area (Å²) in [5.74, 6) is -0.673. The summed E-state index contributed by atoms with van der Waals surface area (Å²) in [6.07, 6.45) is 1.33. The number of carbonyl (C=O) groups excluding carboxylic acids is 2. The third-order valence-electron chi connectivity index (χ3n) is 3.73. The number of alkyl halides is 1. The second kappa shape index (κ2) is 9.02. The fraction of sp³-hybridized carbons (Fsp3) is 0.467. The largest absolute Gasteiger partial charge is 0.570 e. The van der Waals surface area contributed by atoms with Gasteiger partial charge < -0.3 is 19.4 Å². The number of methoxy groups -OCH3 is 1. The Morgan fingerprint density at radius 3 is 2.84 bits per heavy atom. The Balaban J connectivity index is 2.37. The van der Waals surface area contributed by atoms with Crippen LogP contribution in [-0.2, 0) is 16.0 Å². The SMILES string of the molecule is CCCC(=O)N[C@H]1Cc2cc(OC)cc(C(=O)OCI)c2OB1N=O. The Kier molecular flexibility index (Phi) is 7.03. The van der Waals surface area contributed by atoms with Crippen molar-refractivity contribution in [3.8, 4) is 11.5 Å². The number of carbonyl (C=O) groups is 2. The van der Waals surface area contributed by atoms with Crippen molar-refractivity contribution in [1.29, 1.82) is 0 Å². The molecule has 8 nitrogen and oxygen atoms in total. The molecule has 1 N–H and O–H groups in total. The van der Waals surface area contributed by atoms with Crippen LogP contribution in [0.15, 0.2) is 17.2 Å². The van der Waals surface area contributed by atoms with Crippen molar-refractivity contribution < 1.29 is 23.7 Å². The van der Waals surface area contributed by atoms with E-state index >= 15 is 0 Å². The summed E-state index contributed by atoms with van der Waals surface area (Å²) in [6.45, 7) is 1.89. The molecule has 0 spiro atoms. The summed E-state index contributed by atoms with van der Waals surface area (Å²) in [6, 6.07) is 3.20. The number of esters is 1. The van der Waals surface area contributed by atoms with E-state index in [4.69, 9.17) is 14.1 Å². The summed E-state index contributed by atoms with van der Waals surface area (Å²) in [7, 11) is 0.364. The van der Waals surface area contributed by atoms with Gasteiger partial charge in [-0.3, -0.25) is 4.79 Å². The molecule has 1 amide bonds. The number of halogens is 1. The number of hydrogen-bond donors (Lipinski definition) is 1. The number of hydrogen-bond acceptors (Lipinski definition) is 7. The van der Waals surface area contributed by atoms with Crippen LogP contribution < -0.4 is 14.7 Å². The van der Waals surface area contributed by atoms with Crippen molar-refractivity contribution in [3.63, 3.8) is 0 Å². The van der Waals surface area contributed by atoms with Gasteiger partial charge in [0.15, 0.2) is 0 Å². The third-order valence-corrected chi connectivity index (χ3v) is 4.04. The first-order chi connectivity index (χ1) is 12.0. The van der Waals surface area contributed by atoms with Gasteiger partial charge in [-0.15, -0.1) is 0 Å². The number of benzene rings is 1. The molecular weight excluding hydrogens is 442 g/mol. The van der Waals surface area contributed by atoms with Crippen LogP contribution in [0.2, 0.25) is 0 Å². The van der Waals surface area contributed by atoms with Gasteiger partial charge >= 0.3 is 13.0 Å². The maximum Gasteiger partial charge on any atom is 0.570 e. The smallest absolute Gasteiger partial charge is 0.536 e. The van der Waals surface area contributed by atoms with E-state index in [9.17, 15) is 14.5 Å². The van der Waals surface area contributed by atoms with Gasteiger partial charge in [-0.1, -0.05) is 12.0 Å². The highest BCUT2D eigenvalue weighted by Gasteiger charge is 2.41. The highest BCUT2D eigenvalue weighted by atomic mass is 127. The van der Waals surface area contributed by atoms with E-state index in [-0.39, 0.29) is 21.8 Å². The van der Waals surface area contributed by atoms with E-state index in [1.165, 1.54) is 13.2 Å². The lowest BCUT2D eigenvalue weighted by Gasteiger charge is -2.29. The van der Waals surface area contributed by atoms with Gasteiger partial charge in [0, 0.05) is 6.42 Å². The van der Waals surface area contributed by atoms with Crippen LogP contribution in [0.3, 0.4) is 0 Å². The molecule has 0 aromatic heterocycles. The molecule has 1 aliphatic rings. The van der Waals surface area contributed by atoms with E-state index in [1.807, 2.05) is 29.5 Å². The van der Waals surface area contributed by atoms with Crippen molar-refractivity contribution in [2.75, 3.05) is 11.7 Å². The predicted molar refractivity (Wildman–Crippen MR) is 100 cm³/mol. The summed E-state index contributed by atoms with van der Waals surface area (Å²) in [4.78, 5) is 35.2. The molecule has 0 unspecified atom stereocenters. The zero-order chi connectivity index (χ0) is 18.4. The molecule has 2 rings (SSSR count). The number of nitrogens with zero attached hydrogens (tertiary/aromatic N) is 1. The molecule has 0 fully saturated rings. The number of rotatable bonds is 7. The minimum atomic E-state index is -1.12. The van der Waals surface area contributed by atoms with Gasteiger partial charge in [-0.2, -0.15) is 4.91 Å². The van der Waals surface area contributed by atoms with Crippen LogP contribution in [0.5, 0.6) is 11.5 Å². The second-order valence-corrected chi connectivity index (χ2v) is 6.07. The Bertz CT molecular complexity index is 672. The monoisotopic (exact) mass is 460 g/mol. The predicted octanol–water partition coefficient (Wildman–Crippen LogP) is 2.26. The molecule has 0 saturated carbocycles. The topological polar surface area (TPSA) is 103 Å². The molecule has 0 aliphatic carbocycles. The number of ether oxygens (including phenoxy) is 2. The molecular formula is C15H18BIN2O6. The van der Waals surface area contributed by atoms with Crippen LogP contribution in [-0.4, -0.2) is 36.6 Å². The van der Waals surface area contributed by atoms with Gasteiger partial charge in [0.05, 0.1) is 13.1 Å². The van der Waals surface area contributed by atoms with Crippen LogP contribution in [0, 0.1) is 4.91 Å². The summed E-state index contributed by atoms with van der Waals surface area (Å²) in [5, 5.41) is 5.72. The van der Waals surface area contributed by atoms with Crippen molar-refractivity contribution in [2.24, 2.45) is 5.09 Å². The quantitative estimate of drug-likeness (QED) is 0.220. The molecule has 10 heteroatoms. The van der Waals surface area contributed by atoms with Crippen molar-refractivity contribution in [3.05, 3.63) is 28.2 Å². The molecule has 0 radical (unpaired) electrons. The summed E-state index contributed by atoms with van der Waals surface area (Å²) >= 11 is 1.91. The third kappa shape index (κ3) is 4.62. The number of amides is 1. The van der Waals surface area contributed by atoms with Crippen molar-refractivity contribution in [2.45, 2.75) is 32.1 Å². The van der Waals surface area contributed by atoms with Crippen LogP contribution in [0.4, 0.5) is 0 Å². The van der Waals surface area contributed by atoms with E-state index < -0.39 is 19.0 Å². The Morgan fingerprint density at radius 1 is 1.48 bits per heavy atom. The minimum Gasteiger partial charge on any atom is -0.536 e. The van der Waals surface area contributed by atoms with E-state index in [0.717, 1.165) is 0 Å². The van der Waals surface area contributed by atoms with Crippen molar-refractivity contribution in [1.82, 2.24) is 5.32 Å². The Labute approximate surface area is 159 Å². The molecule has 1 heterocycles. The van der Waals surface area contributed by atoms with Crippen LogP contribution in [0.25, 0.3) is 0 Å². The second-order valence-electron chi connectivity index (χ2n) is 5.45. The molecule has 1 aromatic carbocycles. The van der Waals surface area contributed by atoms with Gasteiger partial charge in [-0.25, -0.2) is 4.79 Å². The fourth-order valence-corrected chi connectivity index (χ4v) is 2.89. The molecule has 25 heavy (non-hydrogen) atoms. The van der Waals surface area contributed by atoms with E-state index in [0.29, 0.717) is 30.6 Å². The maximum atomic E-state index is 12.2. The molecule has 1 aromatic rings. The first-order valence-electron chi connectivity index (χ1n) is 7.76. The van der Waals surface area contributed by atoms with Crippen LogP contribution in [0.1, 0.15) is 35.7 Å². The number of nitrogens with one attached hydrogen (secondary N) is 1. The normalized spacial score (nSPS) is 15.6. The minimum absolute atomic E-state index is 0.165. The van der Waals surface area contributed by atoms with E-state index in [1.54, 1.807) is 6.07 Å². The van der Waals surface area contributed by atoms with Gasteiger partial charge in [0.25, 0.3) is 0 Å². The maximum absolute atomic E-state index is 12.2. The molecule has 1 aliphatic heterocycles. The zero-order valence-corrected chi connectivity index (χ0v) is 16.1. The highest BCUT2D eigenvalue weighted by molar-refractivity contribution is 14.1. The Hall–Kier alpha value is -1.85. The molecule has 0 bridgehead atoms. The molecule has 1 atom stereocenters. The van der Waals surface area contributed by atoms with Crippen molar-refractivity contribution >= 4 is 41.5 Å². The van der Waals surface area contributed by atoms with Gasteiger partial charge in [0.1, 0.15) is 21.7 Å². The lowest BCUT2D eigenvalue weighted by Crippen LogP contribution is -2.52. The lowest BCUT2D eigenvalue weighted by molar-refractivity contribution is -0.121. The highest BCUT2D eigenvalue weighted by Crippen LogP contribution is 2.35. The zero-order valence-electron chi connectivity index (χ0n) is 13.9. The number of fused-ring (bicyclic) bond motifs is 1. The first kappa shape index (κ1) is 19.5. The summed E-state index contributed by atoms with van der Waals surface area (Å²) < 4.78 is 16.0. The lowest BCUT2D eigenvalue weighted by atomic mass is 9.68. The van der Waals surface area contributed by atoms with Crippen LogP contribution >= 0.6 is 22.6 Å². The number of nitroso groups, excluding NO2 is 1. The average molecular weight is 460 g/mol. The standard InChI is InChI=1S/C15H18BIN2O6/c1-3-4-13(20)18-12-6-9-5-10(23-2)7-11(15(21)24-8-17)14(9)25-16(12)19-22/h5,7,12H,3-4,6,8H2,1-2H3,(H,18,20)/t12-/m0/s1. The fourth-order valence-electron chi connectivity index (χ4n) is 2.61. The average Bonchev–Trinajstić information content (AvgIpc) is 2.60. The molecule has 0 saturated heterocycles. The Morgan fingerprint density at radius 2 is 2.24 bits per heavy atom.